The van der Waals surface area contributed by atoms with Crippen LogP contribution in [0.5, 0.6) is 5.75 Å². The summed E-state index contributed by atoms with van der Waals surface area (Å²) in [6, 6.07) is 8.10. The molecule has 1 N–H and O–H groups in total. The number of rotatable bonds is 6. The normalized spacial score (nSPS) is 22.9. The minimum atomic E-state index is -0.0821. The monoisotopic (exact) mass is 265 g/mol. The molecule has 4 heteroatoms. The van der Waals surface area contributed by atoms with Crippen molar-refractivity contribution in [3.05, 3.63) is 29.8 Å². The fraction of sp³-hybridized carbons (Fsp3) is 0.600. The Morgan fingerprint density at radius 3 is 2.63 bits per heavy atom. The summed E-state index contributed by atoms with van der Waals surface area (Å²) in [5, 5.41) is 9.58. The topological polar surface area (TPSA) is 41.9 Å². The summed E-state index contributed by atoms with van der Waals surface area (Å²) in [6.07, 6.45) is 0.941. The SMILES string of the molecule is COc1ccc(CN(C)CC2(CO)CCOC2)cc1. The Labute approximate surface area is 114 Å². The van der Waals surface area contributed by atoms with Gasteiger partial charge in [0, 0.05) is 25.1 Å². The molecule has 2 rings (SSSR count). The van der Waals surface area contributed by atoms with Gasteiger partial charge >= 0.3 is 0 Å². The molecule has 19 heavy (non-hydrogen) atoms. The van der Waals surface area contributed by atoms with Crippen LogP contribution < -0.4 is 4.74 Å². The second kappa shape index (κ2) is 6.37. The Balaban J connectivity index is 1.90. The molecule has 1 aromatic carbocycles. The molecule has 0 radical (unpaired) electrons. The summed E-state index contributed by atoms with van der Waals surface area (Å²) in [7, 11) is 3.76. The van der Waals surface area contributed by atoms with E-state index in [1.165, 1.54) is 5.56 Å². The average molecular weight is 265 g/mol. The van der Waals surface area contributed by atoms with Crippen LogP contribution >= 0.6 is 0 Å². The standard InChI is InChI=1S/C15H23NO3/c1-16(10-15(11-17)7-8-19-12-15)9-13-3-5-14(18-2)6-4-13/h3-6,17H,7-12H2,1-2H3. The first-order valence-corrected chi connectivity index (χ1v) is 6.67. The van der Waals surface area contributed by atoms with Crippen molar-refractivity contribution in [1.29, 1.82) is 0 Å². The number of hydrogen-bond acceptors (Lipinski definition) is 4. The van der Waals surface area contributed by atoms with Gasteiger partial charge in [0.25, 0.3) is 0 Å². The highest BCUT2D eigenvalue weighted by atomic mass is 16.5. The highest BCUT2D eigenvalue weighted by molar-refractivity contribution is 5.27. The van der Waals surface area contributed by atoms with Gasteiger partial charge in [0.1, 0.15) is 5.75 Å². The molecule has 1 aliphatic heterocycles. The lowest BCUT2D eigenvalue weighted by Gasteiger charge is -2.30. The average Bonchev–Trinajstić information content (AvgIpc) is 2.88. The van der Waals surface area contributed by atoms with Gasteiger partial charge in [-0.2, -0.15) is 0 Å². The van der Waals surface area contributed by atoms with Crippen molar-refractivity contribution < 1.29 is 14.6 Å². The minimum Gasteiger partial charge on any atom is -0.497 e. The highest BCUT2D eigenvalue weighted by Gasteiger charge is 2.35. The van der Waals surface area contributed by atoms with E-state index < -0.39 is 0 Å². The Bertz CT molecular complexity index is 385. The van der Waals surface area contributed by atoms with Gasteiger partial charge in [0.15, 0.2) is 0 Å². The zero-order chi connectivity index (χ0) is 13.7. The quantitative estimate of drug-likeness (QED) is 0.847. The molecule has 1 atom stereocenters. The fourth-order valence-corrected chi connectivity index (χ4v) is 2.62. The number of benzene rings is 1. The number of hydrogen-bond donors (Lipinski definition) is 1. The largest absolute Gasteiger partial charge is 0.497 e. The number of nitrogens with zero attached hydrogens (tertiary/aromatic N) is 1. The third-order valence-corrected chi connectivity index (χ3v) is 3.74. The van der Waals surface area contributed by atoms with E-state index in [1.54, 1.807) is 7.11 Å². The number of aliphatic hydroxyl groups is 1. The molecule has 106 valence electrons. The Morgan fingerprint density at radius 1 is 1.37 bits per heavy atom. The summed E-state index contributed by atoms with van der Waals surface area (Å²) in [5.41, 5.74) is 1.16. The van der Waals surface area contributed by atoms with Crippen molar-refractivity contribution in [3.63, 3.8) is 0 Å². The van der Waals surface area contributed by atoms with Crippen molar-refractivity contribution in [2.75, 3.05) is 40.5 Å². The van der Waals surface area contributed by atoms with Crippen LogP contribution in [0.1, 0.15) is 12.0 Å². The summed E-state index contributed by atoms with van der Waals surface area (Å²) in [6.45, 7) is 3.34. The van der Waals surface area contributed by atoms with Gasteiger partial charge in [-0.15, -0.1) is 0 Å². The van der Waals surface area contributed by atoms with Gasteiger partial charge in [-0.1, -0.05) is 12.1 Å². The second-order valence-electron chi connectivity index (χ2n) is 5.48. The lowest BCUT2D eigenvalue weighted by atomic mass is 9.88. The van der Waals surface area contributed by atoms with Crippen molar-refractivity contribution in [3.8, 4) is 5.75 Å². The first-order chi connectivity index (χ1) is 9.17. The predicted molar refractivity (Wildman–Crippen MR) is 74.3 cm³/mol. The summed E-state index contributed by atoms with van der Waals surface area (Å²) in [5.74, 6) is 0.877. The molecule has 0 bridgehead atoms. The van der Waals surface area contributed by atoms with Crippen LogP contribution in [-0.4, -0.2) is 50.5 Å². The minimum absolute atomic E-state index is 0.0821. The third-order valence-electron chi connectivity index (χ3n) is 3.74. The maximum atomic E-state index is 9.58. The van der Waals surface area contributed by atoms with Crippen LogP contribution in [-0.2, 0) is 11.3 Å². The Kier molecular flexibility index (Phi) is 4.80. The van der Waals surface area contributed by atoms with Crippen molar-refractivity contribution in [1.82, 2.24) is 4.90 Å². The fourth-order valence-electron chi connectivity index (χ4n) is 2.62. The zero-order valence-electron chi connectivity index (χ0n) is 11.8. The summed E-state index contributed by atoms with van der Waals surface area (Å²) >= 11 is 0. The van der Waals surface area contributed by atoms with E-state index in [2.05, 4.69) is 24.1 Å². The molecule has 0 amide bonds. The molecule has 1 aromatic rings. The van der Waals surface area contributed by atoms with Crippen molar-refractivity contribution in [2.45, 2.75) is 13.0 Å². The van der Waals surface area contributed by atoms with Crippen LogP contribution in [0, 0.1) is 5.41 Å². The van der Waals surface area contributed by atoms with Gasteiger partial charge in [0.05, 0.1) is 20.3 Å². The highest BCUT2D eigenvalue weighted by Crippen LogP contribution is 2.29. The van der Waals surface area contributed by atoms with Gasteiger partial charge in [-0.25, -0.2) is 0 Å². The molecule has 1 saturated heterocycles. The molecule has 1 unspecified atom stereocenters. The van der Waals surface area contributed by atoms with E-state index in [4.69, 9.17) is 9.47 Å². The van der Waals surface area contributed by atoms with Crippen LogP contribution in [0.2, 0.25) is 0 Å². The molecule has 0 saturated carbocycles. The maximum absolute atomic E-state index is 9.58. The Hall–Kier alpha value is -1.10. The molecule has 1 heterocycles. The van der Waals surface area contributed by atoms with E-state index in [-0.39, 0.29) is 12.0 Å². The van der Waals surface area contributed by atoms with Crippen LogP contribution in [0.4, 0.5) is 0 Å². The van der Waals surface area contributed by atoms with Gasteiger partial charge < -0.3 is 19.5 Å². The van der Waals surface area contributed by atoms with E-state index in [0.29, 0.717) is 6.61 Å². The van der Waals surface area contributed by atoms with Crippen LogP contribution in [0.15, 0.2) is 24.3 Å². The first kappa shape index (κ1) is 14.3. The van der Waals surface area contributed by atoms with Gasteiger partial charge in [-0.05, 0) is 31.2 Å². The van der Waals surface area contributed by atoms with Crippen LogP contribution in [0.25, 0.3) is 0 Å². The second-order valence-corrected chi connectivity index (χ2v) is 5.48. The molecular weight excluding hydrogens is 242 g/mol. The van der Waals surface area contributed by atoms with Gasteiger partial charge in [-0.3, -0.25) is 0 Å². The molecule has 1 fully saturated rings. The maximum Gasteiger partial charge on any atom is 0.118 e. The zero-order valence-corrected chi connectivity index (χ0v) is 11.8. The molecule has 1 aliphatic rings. The molecule has 4 nitrogen and oxygen atoms in total. The van der Waals surface area contributed by atoms with E-state index in [9.17, 15) is 5.11 Å². The molecule has 0 spiro atoms. The summed E-state index contributed by atoms with van der Waals surface area (Å²) in [4.78, 5) is 2.24. The summed E-state index contributed by atoms with van der Waals surface area (Å²) < 4.78 is 10.6. The first-order valence-electron chi connectivity index (χ1n) is 6.67. The number of ether oxygens (including phenoxy) is 2. The van der Waals surface area contributed by atoms with E-state index in [1.807, 2.05) is 12.1 Å². The van der Waals surface area contributed by atoms with E-state index in [0.717, 1.165) is 31.9 Å². The molecule has 0 aromatic heterocycles. The smallest absolute Gasteiger partial charge is 0.118 e. The number of aliphatic hydroxyl groups excluding tert-OH is 1. The number of methoxy groups -OCH3 is 1. The van der Waals surface area contributed by atoms with Crippen molar-refractivity contribution in [2.24, 2.45) is 5.41 Å². The molecular formula is C15H23NO3. The lowest BCUT2D eigenvalue weighted by molar-refractivity contribution is 0.0625. The van der Waals surface area contributed by atoms with Crippen molar-refractivity contribution >= 4 is 0 Å². The Morgan fingerprint density at radius 2 is 2.11 bits per heavy atom. The predicted octanol–water partition coefficient (Wildman–Crippen LogP) is 1.53. The van der Waals surface area contributed by atoms with E-state index >= 15 is 0 Å². The van der Waals surface area contributed by atoms with Crippen LogP contribution in [0.3, 0.4) is 0 Å². The lowest BCUT2D eigenvalue weighted by Crippen LogP contribution is -2.38. The molecule has 0 aliphatic carbocycles. The van der Waals surface area contributed by atoms with Gasteiger partial charge in [0.2, 0.25) is 0 Å². The third kappa shape index (κ3) is 3.69.